The van der Waals surface area contributed by atoms with Gasteiger partial charge in [-0.2, -0.15) is 8.78 Å². The molecule has 0 fully saturated rings. The van der Waals surface area contributed by atoms with Crippen LogP contribution in [0.15, 0.2) is 17.4 Å². The largest absolute Gasteiger partial charge is 0.356 e. The summed E-state index contributed by atoms with van der Waals surface area (Å²) in [7, 11) is 1.63. The second-order valence-electron chi connectivity index (χ2n) is 4.23. The van der Waals surface area contributed by atoms with E-state index < -0.39 is 6.55 Å². The quantitative estimate of drug-likeness (QED) is 0.463. The van der Waals surface area contributed by atoms with Gasteiger partial charge >= 0.3 is 6.55 Å². The number of aromatic nitrogens is 2. The van der Waals surface area contributed by atoms with Crippen molar-refractivity contribution < 1.29 is 8.78 Å². The monoisotopic (exact) mass is 387 g/mol. The molecule has 0 radical (unpaired) electrons. The lowest BCUT2D eigenvalue weighted by atomic mass is 10.2. The summed E-state index contributed by atoms with van der Waals surface area (Å²) >= 11 is 0. The van der Waals surface area contributed by atoms with Gasteiger partial charge in [0.1, 0.15) is 5.82 Å². The lowest BCUT2D eigenvalue weighted by Crippen LogP contribution is -2.39. The molecule has 1 aromatic rings. The maximum Gasteiger partial charge on any atom is 0.319 e. The van der Waals surface area contributed by atoms with E-state index in [0.717, 1.165) is 11.1 Å². The fourth-order valence-electron chi connectivity index (χ4n) is 1.34. The van der Waals surface area contributed by atoms with Crippen LogP contribution in [0.5, 0.6) is 0 Å². The number of guanidine groups is 1. The molecule has 0 aromatic carbocycles. The first-order valence-electron chi connectivity index (χ1n) is 5.79. The summed E-state index contributed by atoms with van der Waals surface area (Å²) in [6.45, 7) is 2.54. The zero-order valence-electron chi connectivity index (χ0n) is 11.2. The van der Waals surface area contributed by atoms with Crippen LogP contribution in [0.4, 0.5) is 8.78 Å². The molecule has 0 aliphatic heterocycles. The van der Waals surface area contributed by atoms with Crippen molar-refractivity contribution in [1.29, 1.82) is 0 Å². The maximum absolute atomic E-state index is 12.6. The average Bonchev–Trinajstić information content (AvgIpc) is 2.77. The fourth-order valence-corrected chi connectivity index (χ4v) is 1.34. The van der Waals surface area contributed by atoms with Crippen molar-refractivity contribution in [2.45, 2.75) is 26.9 Å². The number of nitrogens with zero attached hydrogens (tertiary/aromatic N) is 3. The molecule has 8 heteroatoms. The van der Waals surface area contributed by atoms with Crippen molar-refractivity contribution >= 4 is 29.9 Å². The molecule has 0 amide bonds. The molecule has 2 N–H and O–H groups in total. The van der Waals surface area contributed by atoms with Gasteiger partial charge in [0.2, 0.25) is 0 Å². The number of halogens is 3. The summed E-state index contributed by atoms with van der Waals surface area (Å²) in [6.07, 6.45) is 2.61. The summed E-state index contributed by atoms with van der Waals surface area (Å²) < 4.78 is 26.0. The number of imidazole rings is 1. The van der Waals surface area contributed by atoms with E-state index in [1.807, 2.05) is 0 Å². The van der Waals surface area contributed by atoms with Crippen molar-refractivity contribution in [1.82, 2.24) is 20.2 Å². The third-order valence-electron chi connectivity index (χ3n) is 2.27. The van der Waals surface area contributed by atoms with Crippen molar-refractivity contribution in [3.8, 4) is 0 Å². The third-order valence-corrected chi connectivity index (χ3v) is 2.27. The Bertz CT molecular complexity index is 392. The van der Waals surface area contributed by atoms with Gasteiger partial charge < -0.3 is 10.6 Å². The average molecular weight is 387 g/mol. The highest BCUT2D eigenvalue weighted by Crippen LogP contribution is 2.11. The van der Waals surface area contributed by atoms with Gasteiger partial charge in [-0.15, -0.1) is 24.0 Å². The molecule has 1 rings (SSSR count). The molecular formula is C11H20F2IN5. The van der Waals surface area contributed by atoms with E-state index in [4.69, 9.17) is 0 Å². The molecule has 0 unspecified atom stereocenters. The first-order chi connectivity index (χ1) is 8.54. The molecule has 1 aromatic heterocycles. The van der Waals surface area contributed by atoms with E-state index in [1.54, 1.807) is 7.05 Å². The maximum atomic E-state index is 12.6. The van der Waals surface area contributed by atoms with E-state index >= 15 is 0 Å². The molecule has 5 nitrogen and oxygen atoms in total. The van der Waals surface area contributed by atoms with Crippen LogP contribution in [-0.4, -0.2) is 29.1 Å². The first kappa shape index (κ1) is 18.1. The van der Waals surface area contributed by atoms with Gasteiger partial charge in [-0.25, -0.2) is 4.98 Å². The molecule has 0 atom stereocenters. The van der Waals surface area contributed by atoms with Crippen LogP contribution in [0.1, 0.15) is 26.2 Å². The number of hydrogen-bond donors (Lipinski definition) is 2. The minimum absolute atomic E-state index is 0. The Labute approximate surface area is 128 Å². The molecule has 0 saturated heterocycles. The van der Waals surface area contributed by atoms with Gasteiger partial charge in [0.25, 0.3) is 0 Å². The zero-order chi connectivity index (χ0) is 13.5. The Morgan fingerprint density at radius 1 is 1.42 bits per heavy atom. The van der Waals surface area contributed by atoms with Gasteiger partial charge in [0, 0.05) is 26.0 Å². The number of hydrogen-bond acceptors (Lipinski definition) is 2. The molecule has 0 spiro atoms. The highest BCUT2D eigenvalue weighted by Gasteiger charge is 2.11. The smallest absolute Gasteiger partial charge is 0.319 e. The van der Waals surface area contributed by atoms with E-state index in [9.17, 15) is 8.78 Å². The Morgan fingerprint density at radius 2 is 2.11 bits per heavy atom. The Balaban J connectivity index is 0.00000324. The van der Waals surface area contributed by atoms with Crippen molar-refractivity contribution in [2.24, 2.45) is 10.9 Å². The summed E-state index contributed by atoms with van der Waals surface area (Å²) in [5.74, 6) is 1.33. The normalized spacial score (nSPS) is 11.6. The van der Waals surface area contributed by atoms with Crippen molar-refractivity contribution in [3.63, 3.8) is 0 Å². The van der Waals surface area contributed by atoms with Crippen LogP contribution >= 0.6 is 24.0 Å². The Hall–Kier alpha value is -0.930. The minimum Gasteiger partial charge on any atom is -0.356 e. The van der Waals surface area contributed by atoms with Crippen LogP contribution in [0.3, 0.4) is 0 Å². The summed E-state index contributed by atoms with van der Waals surface area (Å²) in [6, 6.07) is 0. The van der Waals surface area contributed by atoms with Crippen LogP contribution in [-0.2, 0) is 6.54 Å². The van der Waals surface area contributed by atoms with Gasteiger partial charge in [0.15, 0.2) is 5.96 Å². The van der Waals surface area contributed by atoms with E-state index in [2.05, 4.69) is 34.5 Å². The second kappa shape index (κ2) is 9.05. The molecule has 0 saturated carbocycles. The highest BCUT2D eigenvalue weighted by molar-refractivity contribution is 14.0. The zero-order valence-corrected chi connectivity index (χ0v) is 13.6. The Kier molecular flexibility index (Phi) is 8.61. The second-order valence-corrected chi connectivity index (χ2v) is 4.23. The standard InChI is InChI=1S/C11H19F2N5.HI/c1-8(2)6-16-11(14-3)17-7-9-15-4-5-18(9)10(12)13;/h4-5,8,10H,6-7H2,1-3H3,(H2,14,16,17);1H. The van der Waals surface area contributed by atoms with Gasteiger partial charge in [-0.1, -0.05) is 13.8 Å². The van der Waals surface area contributed by atoms with E-state index in [0.29, 0.717) is 11.9 Å². The fraction of sp³-hybridized carbons (Fsp3) is 0.636. The lowest BCUT2D eigenvalue weighted by molar-refractivity contribution is 0.0668. The third kappa shape index (κ3) is 6.17. The van der Waals surface area contributed by atoms with Crippen LogP contribution in [0.2, 0.25) is 0 Å². The number of nitrogens with one attached hydrogen (secondary N) is 2. The van der Waals surface area contributed by atoms with Crippen LogP contribution in [0, 0.1) is 5.92 Å². The van der Waals surface area contributed by atoms with Crippen LogP contribution < -0.4 is 10.6 Å². The number of aliphatic imine (C=N–C) groups is 1. The lowest BCUT2D eigenvalue weighted by Gasteiger charge is -2.13. The van der Waals surface area contributed by atoms with E-state index in [-0.39, 0.29) is 36.3 Å². The molecule has 0 aliphatic rings. The van der Waals surface area contributed by atoms with Crippen LogP contribution in [0.25, 0.3) is 0 Å². The molecule has 0 aliphatic carbocycles. The number of rotatable bonds is 5. The van der Waals surface area contributed by atoms with Crippen molar-refractivity contribution in [2.75, 3.05) is 13.6 Å². The summed E-state index contributed by atoms with van der Waals surface area (Å²) in [4.78, 5) is 7.88. The SMILES string of the molecule is CN=C(NCc1nccn1C(F)F)NCC(C)C.I. The molecule has 19 heavy (non-hydrogen) atoms. The molecule has 1 heterocycles. The highest BCUT2D eigenvalue weighted by atomic mass is 127. The summed E-state index contributed by atoms with van der Waals surface area (Å²) in [5.41, 5.74) is 0. The van der Waals surface area contributed by atoms with Gasteiger partial charge in [-0.3, -0.25) is 9.56 Å². The first-order valence-corrected chi connectivity index (χ1v) is 5.79. The van der Waals surface area contributed by atoms with Crippen molar-refractivity contribution in [3.05, 3.63) is 18.2 Å². The molecule has 110 valence electrons. The number of alkyl halides is 2. The Morgan fingerprint density at radius 3 is 2.63 bits per heavy atom. The summed E-state index contributed by atoms with van der Waals surface area (Å²) in [5, 5.41) is 6.04. The van der Waals surface area contributed by atoms with E-state index in [1.165, 1.54) is 12.4 Å². The molecule has 0 bridgehead atoms. The minimum atomic E-state index is -2.57. The topological polar surface area (TPSA) is 54.2 Å². The van der Waals surface area contributed by atoms with Gasteiger partial charge in [-0.05, 0) is 5.92 Å². The van der Waals surface area contributed by atoms with Gasteiger partial charge in [0.05, 0.1) is 6.54 Å². The predicted molar refractivity (Wildman–Crippen MR) is 81.9 cm³/mol. The predicted octanol–water partition coefficient (Wildman–Crippen LogP) is 2.22. The molecular weight excluding hydrogens is 367 g/mol.